The second-order valence-electron chi connectivity index (χ2n) is 5.94. The van der Waals surface area contributed by atoms with Gasteiger partial charge in [0.1, 0.15) is 0 Å². The highest BCUT2D eigenvalue weighted by Gasteiger charge is 2.15. The van der Waals surface area contributed by atoms with E-state index >= 15 is 0 Å². The van der Waals surface area contributed by atoms with Gasteiger partial charge in [-0.2, -0.15) is 0 Å². The highest BCUT2D eigenvalue weighted by Crippen LogP contribution is 2.22. The zero-order valence-electron chi connectivity index (χ0n) is 14.8. The first-order valence-corrected chi connectivity index (χ1v) is 8.75. The van der Waals surface area contributed by atoms with Crippen LogP contribution in [-0.2, 0) is 0 Å². The molecule has 2 aromatic carbocycles. The zero-order chi connectivity index (χ0) is 18.4. The Morgan fingerprint density at radius 3 is 2.27 bits per heavy atom. The van der Waals surface area contributed by atoms with E-state index in [4.69, 9.17) is 17.0 Å². The number of ether oxygens (including phenoxy) is 1. The van der Waals surface area contributed by atoms with Crippen molar-refractivity contribution < 1.29 is 4.74 Å². The van der Waals surface area contributed by atoms with Crippen molar-refractivity contribution in [2.75, 3.05) is 12.4 Å². The Hall–Kier alpha value is -2.92. The molecule has 26 heavy (non-hydrogen) atoms. The van der Waals surface area contributed by atoms with Gasteiger partial charge in [-0.25, -0.2) is 4.98 Å². The highest BCUT2D eigenvalue weighted by molar-refractivity contribution is 7.80. The molecule has 4 nitrogen and oxygen atoms in total. The zero-order valence-corrected chi connectivity index (χ0v) is 15.6. The molecule has 132 valence electrons. The summed E-state index contributed by atoms with van der Waals surface area (Å²) in [6, 6.07) is 22.3. The number of hydrogen-bond acceptors (Lipinski definition) is 3. The molecule has 0 spiro atoms. The number of rotatable bonds is 5. The van der Waals surface area contributed by atoms with Crippen molar-refractivity contribution in [1.29, 1.82) is 0 Å². The van der Waals surface area contributed by atoms with Crippen LogP contribution in [0.5, 0.6) is 5.88 Å². The molecular weight excluding hydrogens is 342 g/mol. The molecule has 3 aromatic rings. The highest BCUT2D eigenvalue weighted by atomic mass is 32.1. The van der Waals surface area contributed by atoms with Crippen molar-refractivity contribution in [2.24, 2.45) is 0 Å². The molecular formula is C21H21N3OS. The number of aryl methyl sites for hydroxylation is 1. The summed E-state index contributed by atoms with van der Waals surface area (Å²) in [6.45, 7) is 2.08. The third kappa shape index (κ3) is 4.58. The third-order valence-corrected chi connectivity index (χ3v) is 4.24. The number of methoxy groups -OCH3 is 1. The van der Waals surface area contributed by atoms with E-state index in [0.29, 0.717) is 11.0 Å². The number of thiocarbonyl (C=S) groups is 1. The minimum absolute atomic E-state index is 0.0389. The first-order valence-electron chi connectivity index (χ1n) is 8.35. The summed E-state index contributed by atoms with van der Waals surface area (Å²) in [5.74, 6) is 0.566. The lowest BCUT2D eigenvalue weighted by molar-refractivity contribution is 0.398. The molecule has 5 heteroatoms. The molecule has 0 saturated carbocycles. The number of hydrogen-bond donors (Lipinski definition) is 2. The van der Waals surface area contributed by atoms with Crippen molar-refractivity contribution in [3.63, 3.8) is 0 Å². The van der Waals surface area contributed by atoms with Crippen LogP contribution in [-0.4, -0.2) is 17.2 Å². The predicted octanol–water partition coefficient (Wildman–Crippen LogP) is 4.47. The number of pyridine rings is 1. The van der Waals surface area contributed by atoms with Gasteiger partial charge in [0.25, 0.3) is 0 Å². The third-order valence-electron chi connectivity index (χ3n) is 4.02. The molecule has 0 aliphatic rings. The topological polar surface area (TPSA) is 46.2 Å². The van der Waals surface area contributed by atoms with Gasteiger partial charge in [-0.1, -0.05) is 60.2 Å². The fraction of sp³-hybridized carbons (Fsp3) is 0.143. The Morgan fingerprint density at radius 2 is 1.65 bits per heavy atom. The summed E-state index contributed by atoms with van der Waals surface area (Å²) in [4.78, 5) is 4.18. The van der Waals surface area contributed by atoms with E-state index < -0.39 is 0 Å². The molecule has 0 fully saturated rings. The van der Waals surface area contributed by atoms with Gasteiger partial charge in [-0.3, -0.25) is 0 Å². The van der Waals surface area contributed by atoms with Gasteiger partial charge in [0.15, 0.2) is 5.11 Å². The lowest BCUT2D eigenvalue weighted by Gasteiger charge is -2.22. The summed E-state index contributed by atoms with van der Waals surface area (Å²) in [6.07, 6.45) is 1.69. The lowest BCUT2D eigenvalue weighted by atomic mass is 9.98. The molecule has 3 rings (SSSR count). The van der Waals surface area contributed by atoms with E-state index in [-0.39, 0.29) is 6.04 Å². The van der Waals surface area contributed by atoms with Crippen LogP contribution >= 0.6 is 12.2 Å². The molecule has 1 aromatic heterocycles. The monoisotopic (exact) mass is 363 g/mol. The summed E-state index contributed by atoms with van der Waals surface area (Å²) in [5.41, 5.74) is 4.33. The van der Waals surface area contributed by atoms with E-state index in [0.717, 1.165) is 16.8 Å². The Kier molecular flexibility index (Phi) is 5.81. The second-order valence-corrected chi connectivity index (χ2v) is 6.35. The van der Waals surface area contributed by atoms with Crippen LogP contribution in [0.4, 0.5) is 5.69 Å². The van der Waals surface area contributed by atoms with Crippen molar-refractivity contribution in [2.45, 2.75) is 13.0 Å². The smallest absolute Gasteiger partial charge is 0.213 e. The fourth-order valence-electron chi connectivity index (χ4n) is 2.64. The molecule has 2 N–H and O–H groups in total. The van der Waals surface area contributed by atoms with Crippen molar-refractivity contribution >= 4 is 23.0 Å². The Labute approximate surface area is 159 Å². The molecule has 1 heterocycles. The van der Waals surface area contributed by atoms with Crippen LogP contribution in [0, 0.1) is 6.92 Å². The average Bonchev–Trinajstić information content (AvgIpc) is 2.68. The van der Waals surface area contributed by atoms with Gasteiger partial charge >= 0.3 is 0 Å². The first-order chi connectivity index (χ1) is 12.7. The molecule has 0 saturated heterocycles. The number of anilines is 1. The maximum Gasteiger partial charge on any atom is 0.213 e. The maximum absolute atomic E-state index is 5.52. The quantitative estimate of drug-likeness (QED) is 0.655. The van der Waals surface area contributed by atoms with Crippen LogP contribution in [0.15, 0.2) is 72.9 Å². The Bertz CT molecular complexity index is 849. The van der Waals surface area contributed by atoms with Crippen LogP contribution < -0.4 is 15.4 Å². The molecule has 0 bridgehead atoms. The standard InChI is InChI=1S/C21H21N3OS/c1-15-8-10-17(11-9-15)20(16-6-4-3-5-7-16)24-21(26)23-18-12-13-19(25-2)22-14-18/h3-14,20H,1-2H3,(H2,23,24,26)/t20-/m0/s1. The average molecular weight is 363 g/mol. The van der Waals surface area contributed by atoms with Crippen LogP contribution in [0.25, 0.3) is 0 Å². The number of benzene rings is 2. The minimum atomic E-state index is -0.0389. The predicted molar refractivity (Wildman–Crippen MR) is 110 cm³/mol. The molecule has 0 aliphatic carbocycles. The number of nitrogens with one attached hydrogen (secondary N) is 2. The minimum Gasteiger partial charge on any atom is -0.481 e. The van der Waals surface area contributed by atoms with Gasteiger partial charge in [0.2, 0.25) is 5.88 Å². The largest absolute Gasteiger partial charge is 0.481 e. The van der Waals surface area contributed by atoms with E-state index in [2.05, 4.69) is 58.9 Å². The van der Waals surface area contributed by atoms with Crippen molar-refractivity contribution in [3.05, 3.63) is 89.6 Å². The van der Waals surface area contributed by atoms with Gasteiger partial charge < -0.3 is 15.4 Å². The van der Waals surface area contributed by atoms with Gasteiger partial charge in [0, 0.05) is 6.07 Å². The van der Waals surface area contributed by atoms with E-state index in [1.165, 1.54) is 5.56 Å². The van der Waals surface area contributed by atoms with Crippen molar-refractivity contribution in [1.82, 2.24) is 10.3 Å². The van der Waals surface area contributed by atoms with E-state index in [9.17, 15) is 0 Å². The van der Waals surface area contributed by atoms with Crippen LogP contribution in [0.3, 0.4) is 0 Å². The second kappa shape index (κ2) is 8.45. The Balaban J connectivity index is 1.78. The summed E-state index contributed by atoms with van der Waals surface area (Å²) in [7, 11) is 1.59. The van der Waals surface area contributed by atoms with E-state index in [1.54, 1.807) is 19.4 Å². The SMILES string of the molecule is COc1ccc(NC(=S)N[C@@H](c2ccccc2)c2ccc(C)cc2)cn1. The molecule has 0 aliphatic heterocycles. The van der Waals surface area contributed by atoms with Gasteiger partial charge in [-0.05, 0) is 36.3 Å². The number of aromatic nitrogens is 1. The number of nitrogens with zero attached hydrogens (tertiary/aromatic N) is 1. The molecule has 0 radical (unpaired) electrons. The van der Waals surface area contributed by atoms with E-state index in [1.807, 2.05) is 24.3 Å². The molecule has 1 atom stereocenters. The van der Waals surface area contributed by atoms with Crippen LogP contribution in [0.1, 0.15) is 22.7 Å². The first kappa shape index (κ1) is 17.9. The van der Waals surface area contributed by atoms with Gasteiger partial charge in [-0.15, -0.1) is 0 Å². The van der Waals surface area contributed by atoms with Crippen LogP contribution in [0.2, 0.25) is 0 Å². The van der Waals surface area contributed by atoms with Crippen molar-refractivity contribution in [3.8, 4) is 5.88 Å². The summed E-state index contributed by atoms with van der Waals surface area (Å²) < 4.78 is 5.08. The fourth-order valence-corrected chi connectivity index (χ4v) is 2.87. The van der Waals surface area contributed by atoms with Gasteiger partial charge in [0.05, 0.1) is 25.0 Å². The molecule has 0 amide bonds. The normalized spacial score (nSPS) is 11.5. The lowest BCUT2D eigenvalue weighted by Crippen LogP contribution is -2.33. The summed E-state index contributed by atoms with van der Waals surface area (Å²) in [5, 5.41) is 7.12. The maximum atomic E-state index is 5.52. The molecule has 0 unspecified atom stereocenters. The Morgan fingerprint density at radius 1 is 0.962 bits per heavy atom. The summed E-state index contributed by atoms with van der Waals surface area (Å²) >= 11 is 5.52.